The summed E-state index contributed by atoms with van der Waals surface area (Å²) < 4.78 is 0. The number of nitrogens with one attached hydrogen (secondary N) is 2. The van der Waals surface area contributed by atoms with Crippen LogP contribution in [0.5, 0.6) is 0 Å². The lowest BCUT2D eigenvalue weighted by molar-refractivity contribution is -0.131. The van der Waals surface area contributed by atoms with Crippen molar-refractivity contribution in [3.63, 3.8) is 0 Å². The van der Waals surface area contributed by atoms with E-state index in [0.29, 0.717) is 0 Å². The van der Waals surface area contributed by atoms with E-state index >= 15 is 0 Å². The highest BCUT2D eigenvalue weighted by Crippen LogP contribution is 2.28. The number of rotatable bonds is 3. The van der Waals surface area contributed by atoms with Gasteiger partial charge in [0.25, 0.3) is 5.91 Å². The van der Waals surface area contributed by atoms with Gasteiger partial charge in [-0.3, -0.25) is 14.8 Å². The van der Waals surface area contributed by atoms with Gasteiger partial charge in [-0.1, -0.05) is 0 Å². The Morgan fingerprint density at radius 2 is 2.09 bits per heavy atom. The van der Waals surface area contributed by atoms with Gasteiger partial charge in [-0.25, -0.2) is 5.48 Å². The standard InChI is InChI=1S/C6H10N2O3/c9-5(8-11)3-7-6(10)4-1-2-4/h4,11H,1-3H2,(H,7,10)(H,8,9). The lowest BCUT2D eigenvalue weighted by atomic mass is 10.4. The van der Waals surface area contributed by atoms with Crippen LogP contribution in [0.25, 0.3) is 0 Å². The molecule has 0 heterocycles. The summed E-state index contributed by atoms with van der Waals surface area (Å²) in [5, 5.41) is 10.4. The Morgan fingerprint density at radius 1 is 1.45 bits per heavy atom. The summed E-state index contributed by atoms with van der Waals surface area (Å²) in [6.07, 6.45) is 1.82. The molecule has 5 nitrogen and oxygen atoms in total. The minimum absolute atomic E-state index is 0.0986. The zero-order valence-electron chi connectivity index (χ0n) is 5.96. The van der Waals surface area contributed by atoms with Crippen LogP contribution in [-0.2, 0) is 9.59 Å². The van der Waals surface area contributed by atoms with Crippen molar-refractivity contribution in [1.82, 2.24) is 10.8 Å². The highest BCUT2D eigenvalue weighted by molar-refractivity contribution is 5.86. The first-order valence-corrected chi connectivity index (χ1v) is 3.44. The van der Waals surface area contributed by atoms with E-state index in [-0.39, 0.29) is 18.4 Å². The van der Waals surface area contributed by atoms with Gasteiger partial charge in [0, 0.05) is 5.92 Å². The fourth-order valence-corrected chi connectivity index (χ4v) is 0.697. The maximum atomic E-state index is 10.9. The lowest BCUT2D eigenvalue weighted by Crippen LogP contribution is -2.36. The Morgan fingerprint density at radius 3 is 2.55 bits per heavy atom. The average Bonchev–Trinajstić information content (AvgIpc) is 2.81. The fraction of sp³-hybridized carbons (Fsp3) is 0.667. The number of carbonyl (C=O) groups excluding carboxylic acids is 2. The Hall–Kier alpha value is -1.10. The zero-order valence-corrected chi connectivity index (χ0v) is 5.96. The summed E-state index contributed by atoms with van der Waals surface area (Å²) in [5.74, 6) is -0.603. The smallest absolute Gasteiger partial charge is 0.262 e. The van der Waals surface area contributed by atoms with Gasteiger partial charge in [0.15, 0.2) is 0 Å². The molecular weight excluding hydrogens is 148 g/mol. The topological polar surface area (TPSA) is 78.4 Å². The summed E-state index contributed by atoms with van der Waals surface area (Å²) >= 11 is 0. The van der Waals surface area contributed by atoms with Crippen LogP contribution in [0.3, 0.4) is 0 Å². The summed E-state index contributed by atoms with van der Waals surface area (Å²) in [6, 6.07) is 0. The molecule has 0 radical (unpaired) electrons. The zero-order chi connectivity index (χ0) is 8.27. The van der Waals surface area contributed by atoms with Crippen LogP contribution in [0.2, 0.25) is 0 Å². The van der Waals surface area contributed by atoms with Crippen LogP contribution in [0.15, 0.2) is 0 Å². The van der Waals surface area contributed by atoms with Gasteiger partial charge in [-0.15, -0.1) is 0 Å². The minimum Gasteiger partial charge on any atom is -0.347 e. The van der Waals surface area contributed by atoms with Crippen LogP contribution >= 0.6 is 0 Å². The molecular formula is C6H10N2O3. The van der Waals surface area contributed by atoms with Gasteiger partial charge in [0.05, 0.1) is 6.54 Å². The third-order valence-electron chi connectivity index (χ3n) is 1.50. The van der Waals surface area contributed by atoms with Gasteiger partial charge in [-0.05, 0) is 12.8 Å². The molecule has 0 spiro atoms. The van der Waals surface area contributed by atoms with E-state index in [1.807, 2.05) is 0 Å². The van der Waals surface area contributed by atoms with Crippen LogP contribution in [-0.4, -0.2) is 23.6 Å². The first kappa shape index (κ1) is 8.00. The molecule has 1 aliphatic carbocycles. The van der Waals surface area contributed by atoms with E-state index in [2.05, 4.69) is 5.32 Å². The van der Waals surface area contributed by atoms with Crippen LogP contribution in [0, 0.1) is 5.92 Å². The van der Waals surface area contributed by atoms with Gasteiger partial charge in [0.2, 0.25) is 5.91 Å². The third-order valence-corrected chi connectivity index (χ3v) is 1.50. The molecule has 1 fully saturated rings. The van der Waals surface area contributed by atoms with Crippen LogP contribution in [0.4, 0.5) is 0 Å². The third kappa shape index (κ3) is 2.55. The monoisotopic (exact) mass is 158 g/mol. The predicted octanol–water partition coefficient (Wildman–Crippen LogP) is -0.982. The van der Waals surface area contributed by atoms with Crippen molar-refractivity contribution < 1.29 is 14.8 Å². The fourth-order valence-electron chi connectivity index (χ4n) is 0.697. The van der Waals surface area contributed by atoms with E-state index in [9.17, 15) is 9.59 Å². The van der Waals surface area contributed by atoms with Crippen molar-refractivity contribution in [3.05, 3.63) is 0 Å². The minimum atomic E-state index is -0.598. The molecule has 0 saturated heterocycles. The molecule has 3 N–H and O–H groups in total. The predicted molar refractivity (Wildman–Crippen MR) is 35.7 cm³/mol. The Labute approximate surface area is 63.7 Å². The molecule has 0 aromatic rings. The molecule has 62 valence electrons. The highest BCUT2D eigenvalue weighted by atomic mass is 16.5. The van der Waals surface area contributed by atoms with E-state index in [1.165, 1.54) is 5.48 Å². The van der Waals surface area contributed by atoms with Gasteiger partial charge in [0.1, 0.15) is 0 Å². The summed E-state index contributed by atoms with van der Waals surface area (Å²) in [6.45, 7) is -0.147. The first-order valence-electron chi connectivity index (χ1n) is 3.44. The first-order chi connectivity index (χ1) is 5.24. The van der Waals surface area contributed by atoms with Crippen LogP contribution < -0.4 is 10.8 Å². The second kappa shape index (κ2) is 3.34. The van der Waals surface area contributed by atoms with Gasteiger partial charge < -0.3 is 5.32 Å². The Kier molecular flexibility index (Phi) is 2.43. The molecule has 11 heavy (non-hydrogen) atoms. The maximum absolute atomic E-state index is 10.9. The molecule has 5 heteroatoms. The second-order valence-corrected chi connectivity index (χ2v) is 2.53. The van der Waals surface area contributed by atoms with Gasteiger partial charge >= 0.3 is 0 Å². The molecule has 0 unspecified atom stereocenters. The summed E-state index contributed by atoms with van der Waals surface area (Å²) in [4.78, 5) is 21.2. The summed E-state index contributed by atoms with van der Waals surface area (Å²) in [5.41, 5.74) is 1.43. The van der Waals surface area contributed by atoms with Crippen molar-refractivity contribution in [2.45, 2.75) is 12.8 Å². The van der Waals surface area contributed by atoms with E-state index in [4.69, 9.17) is 5.21 Å². The number of hydroxylamine groups is 1. The molecule has 0 atom stereocenters. The molecule has 0 aliphatic heterocycles. The van der Waals surface area contributed by atoms with Crippen molar-refractivity contribution in [2.24, 2.45) is 5.92 Å². The van der Waals surface area contributed by atoms with Crippen molar-refractivity contribution >= 4 is 11.8 Å². The molecule has 1 aliphatic rings. The number of carbonyl (C=O) groups is 2. The highest BCUT2D eigenvalue weighted by Gasteiger charge is 2.29. The number of amides is 2. The van der Waals surface area contributed by atoms with E-state index < -0.39 is 5.91 Å². The molecule has 0 aromatic heterocycles. The van der Waals surface area contributed by atoms with Crippen molar-refractivity contribution in [1.29, 1.82) is 0 Å². The van der Waals surface area contributed by atoms with Gasteiger partial charge in [-0.2, -0.15) is 0 Å². The number of hydrogen-bond acceptors (Lipinski definition) is 3. The van der Waals surface area contributed by atoms with Crippen molar-refractivity contribution in [3.8, 4) is 0 Å². The maximum Gasteiger partial charge on any atom is 0.262 e. The SMILES string of the molecule is O=C(CNC(=O)C1CC1)NO. The molecule has 0 bridgehead atoms. The summed E-state index contributed by atoms with van der Waals surface area (Å²) in [7, 11) is 0. The largest absolute Gasteiger partial charge is 0.347 e. The molecule has 1 rings (SSSR count). The molecule has 2 amide bonds. The van der Waals surface area contributed by atoms with Crippen LogP contribution in [0.1, 0.15) is 12.8 Å². The lowest BCUT2D eigenvalue weighted by Gasteiger charge is -2.00. The van der Waals surface area contributed by atoms with E-state index in [1.54, 1.807) is 0 Å². The van der Waals surface area contributed by atoms with Crippen molar-refractivity contribution in [2.75, 3.05) is 6.54 Å². The normalized spacial score (nSPS) is 15.7. The van der Waals surface area contributed by atoms with E-state index in [0.717, 1.165) is 12.8 Å². The quantitative estimate of drug-likeness (QED) is 0.365. The average molecular weight is 158 g/mol. The second-order valence-electron chi connectivity index (χ2n) is 2.53. The number of hydrogen-bond donors (Lipinski definition) is 3. The molecule has 0 aromatic carbocycles. The Balaban J connectivity index is 2.10. The molecule has 1 saturated carbocycles. The Bertz CT molecular complexity index is 177.